The third-order valence-electron chi connectivity index (χ3n) is 3.81. The Morgan fingerprint density at radius 1 is 1.28 bits per heavy atom. The van der Waals surface area contributed by atoms with Crippen LogP contribution in [0, 0.1) is 0 Å². The molecule has 1 saturated heterocycles. The van der Waals surface area contributed by atoms with Gasteiger partial charge in [0.15, 0.2) is 0 Å². The molecule has 1 aliphatic heterocycles. The topological polar surface area (TPSA) is 15.3 Å². The fourth-order valence-electron chi connectivity index (χ4n) is 2.73. The van der Waals surface area contributed by atoms with Crippen LogP contribution in [0.3, 0.4) is 0 Å². The van der Waals surface area contributed by atoms with E-state index in [1.807, 2.05) is 0 Å². The molecule has 18 heavy (non-hydrogen) atoms. The van der Waals surface area contributed by atoms with E-state index in [0.717, 1.165) is 6.54 Å². The van der Waals surface area contributed by atoms with Gasteiger partial charge in [-0.3, -0.25) is 4.90 Å². The van der Waals surface area contributed by atoms with Crippen molar-refractivity contribution in [3.63, 3.8) is 0 Å². The first-order chi connectivity index (χ1) is 8.90. The van der Waals surface area contributed by atoms with Crippen molar-refractivity contribution in [3.8, 4) is 0 Å². The molecule has 1 fully saturated rings. The number of hydrogen-bond donors (Lipinski definition) is 1. The van der Waals surface area contributed by atoms with Crippen LogP contribution in [0.5, 0.6) is 0 Å². The Bertz CT molecular complexity index is 323. The second-order valence-electron chi connectivity index (χ2n) is 5.29. The van der Waals surface area contributed by atoms with Gasteiger partial charge in [-0.2, -0.15) is 0 Å². The van der Waals surface area contributed by atoms with E-state index in [4.69, 9.17) is 0 Å². The van der Waals surface area contributed by atoms with Crippen molar-refractivity contribution in [2.45, 2.75) is 38.6 Å². The van der Waals surface area contributed by atoms with Crippen molar-refractivity contribution in [1.82, 2.24) is 10.2 Å². The molecular formula is C16H26N2. The molecule has 0 spiro atoms. The maximum atomic E-state index is 3.58. The summed E-state index contributed by atoms with van der Waals surface area (Å²) in [5.74, 6) is 0. The second-order valence-corrected chi connectivity index (χ2v) is 5.29. The van der Waals surface area contributed by atoms with Crippen molar-refractivity contribution in [2.75, 3.05) is 26.2 Å². The Morgan fingerprint density at radius 3 is 2.89 bits per heavy atom. The lowest BCUT2D eigenvalue weighted by molar-refractivity contribution is 0.204. The van der Waals surface area contributed by atoms with Gasteiger partial charge in [-0.25, -0.2) is 0 Å². The molecule has 100 valence electrons. The van der Waals surface area contributed by atoms with Crippen molar-refractivity contribution in [3.05, 3.63) is 35.9 Å². The predicted molar refractivity (Wildman–Crippen MR) is 77.9 cm³/mol. The van der Waals surface area contributed by atoms with Crippen molar-refractivity contribution < 1.29 is 0 Å². The number of unbranched alkanes of at least 4 members (excludes halogenated alkanes) is 1. The second kappa shape index (κ2) is 7.55. The summed E-state index contributed by atoms with van der Waals surface area (Å²) in [5.41, 5.74) is 1.47. The van der Waals surface area contributed by atoms with Gasteiger partial charge in [0.1, 0.15) is 0 Å². The highest BCUT2D eigenvalue weighted by atomic mass is 15.2. The molecule has 1 aromatic rings. The van der Waals surface area contributed by atoms with Gasteiger partial charge >= 0.3 is 0 Å². The number of benzene rings is 1. The van der Waals surface area contributed by atoms with Crippen molar-refractivity contribution >= 4 is 0 Å². The Labute approximate surface area is 111 Å². The first-order valence-electron chi connectivity index (χ1n) is 7.39. The summed E-state index contributed by atoms with van der Waals surface area (Å²) in [4.78, 5) is 2.69. The molecule has 2 nitrogen and oxygen atoms in total. The van der Waals surface area contributed by atoms with Crippen LogP contribution < -0.4 is 5.32 Å². The van der Waals surface area contributed by atoms with E-state index in [0.29, 0.717) is 6.04 Å². The summed E-state index contributed by atoms with van der Waals surface area (Å²) in [6, 6.07) is 11.6. The molecule has 0 saturated carbocycles. The minimum Gasteiger partial charge on any atom is -0.315 e. The maximum Gasteiger partial charge on any atom is 0.0260 e. The molecule has 0 bridgehead atoms. The molecule has 0 amide bonds. The first-order valence-corrected chi connectivity index (χ1v) is 7.39. The number of hydrogen-bond acceptors (Lipinski definition) is 2. The van der Waals surface area contributed by atoms with Crippen LogP contribution in [-0.4, -0.2) is 37.1 Å². The van der Waals surface area contributed by atoms with E-state index < -0.39 is 0 Å². The summed E-state index contributed by atoms with van der Waals surface area (Å²) in [6.45, 7) is 7.11. The highest BCUT2D eigenvalue weighted by Crippen LogP contribution is 2.12. The minimum atomic E-state index is 0.668. The molecule has 1 heterocycles. The van der Waals surface area contributed by atoms with Gasteiger partial charge in [0.25, 0.3) is 0 Å². The van der Waals surface area contributed by atoms with Gasteiger partial charge in [0.05, 0.1) is 0 Å². The smallest absolute Gasteiger partial charge is 0.0260 e. The normalized spacial score (nSPS) is 21.7. The SMILES string of the molecule is CCCCN1CCCNCC1Cc1ccccc1. The van der Waals surface area contributed by atoms with E-state index in [1.54, 1.807) is 0 Å². The summed E-state index contributed by atoms with van der Waals surface area (Å²) in [7, 11) is 0. The van der Waals surface area contributed by atoms with Crippen LogP contribution in [0.4, 0.5) is 0 Å². The number of rotatable bonds is 5. The molecule has 1 N–H and O–H groups in total. The van der Waals surface area contributed by atoms with Crippen LogP contribution in [0.1, 0.15) is 31.7 Å². The van der Waals surface area contributed by atoms with Crippen LogP contribution in [0.2, 0.25) is 0 Å². The maximum absolute atomic E-state index is 3.58. The van der Waals surface area contributed by atoms with E-state index in [2.05, 4.69) is 47.5 Å². The molecule has 0 aromatic heterocycles. The molecule has 2 rings (SSSR count). The minimum absolute atomic E-state index is 0.668. The molecule has 1 aliphatic rings. The average molecular weight is 246 g/mol. The van der Waals surface area contributed by atoms with Gasteiger partial charge in [-0.1, -0.05) is 43.7 Å². The summed E-state index contributed by atoms with van der Waals surface area (Å²) in [6.07, 6.45) is 5.08. The van der Waals surface area contributed by atoms with E-state index in [1.165, 1.54) is 50.9 Å². The lowest BCUT2D eigenvalue weighted by Gasteiger charge is -2.29. The zero-order chi connectivity index (χ0) is 12.6. The summed E-state index contributed by atoms with van der Waals surface area (Å²) < 4.78 is 0. The third-order valence-corrected chi connectivity index (χ3v) is 3.81. The molecule has 0 radical (unpaired) electrons. The van der Waals surface area contributed by atoms with Crippen LogP contribution in [-0.2, 0) is 6.42 Å². The fraction of sp³-hybridized carbons (Fsp3) is 0.625. The Morgan fingerprint density at radius 2 is 2.11 bits per heavy atom. The van der Waals surface area contributed by atoms with Gasteiger partial charge in [-0.05, 0) is 44.5 Å². The zero-order valence-electron chi connectivity index (χ0n) is 11.6. The van der Waals surface area contributed by atoms with E-state index in [9.17, 15) is 0 Å². The molecular weight excluding hydrogens is 220 g/mol. The van der Waals surface area contributed by atoms with Crippen molar-refractivity contribution in [1.29, 1.82) is 0 Å². The lowest BCUT2D eigenvalue weighted by atomic mass is 10.0. The molecule has 1 aromatic carbocycles. The average Bonchev–Trinajstić information content (AvgIpc) is 2.63. The Balaban J connectivity index is 1.96. The molecule has 1 atom stereocenters. The van der Waals surface area contributed by atoms with Crippen LogP contribution in [0.25, 0.3) is 0 Å². The van der Waals surface area contributed by atoms with Gasteiger partial charge in [0.2, 0.25) is 0 Å². The largest absolute Gasteiger partial charge is 0.315 e. The molecule has 2 heteroatoms. The lowest BCUT2D eigenvalue weighted by Crippen LogP contribution is -2.41. The monoisotopic (exact) mass is 246 g/mol. The predicted octanol–water partition coefficient (Wildman–Crippen LogP) is 2.69. The van der Waals surface area contributed by atoms with Crippen molar-refractivity contribution in [2.24, 2.45) is 0 Å². The summed E-state index contributed by atoms with van der Waals surface area (Å²) >= 11 is 0. The van der Waals surface area contributed by atoms with Gasteiger partial charge in [-0.15, -0.1) is 0 Å². The fourth-order valence-corrected chi connectivity index (χ4v) is 2.73. The Hall–Kier alpha value is -0.860. The van der Waals surface area contributed by atoms with Crippen LogP contribution >= 0.6 is 0 Å². The standard InChI is InChI=1S/C16H26N2/c1-2-3-11-18-12-7-10-17-14-16(18)13-15-8-5-4-6-9-15/h4-6,8-9,16-17H,2-3,7,10-14H2,1H3. The van der Waals surface area contributed by atoms with E-state index >= 15 is 0 Å². The summed E-state index contributed by atoms with van der Waals surface area (Å²) in [5, 5.41) is 3.58. The van der Waals surface area contributed by atoms with Crippen LogP contribution in [0.15, 0.2) is 30.3 Å². The highest BCUT2D eigenvalue weighted by molar-refractivity contribution is 5.16. The quantitative estimate of drug-likeness (QED) is 0.859. The molecule has 1 unspecified atom stereocenters. The number of nitrogens with zero attached hydrogens (tertiary/aromatic N) is 1. The zero-order valence-corrected chi connectivity index (χ0v) is 11.6. The van der Waals surface area contributed by atoms with Gasteiger partial charge < -0.3 is 5.32 Å². The number of nitrogens with one attached hydrogen (secondary N) is 1. The highest BCUT2D eigenvalue weighted by Gasteiger charge is 2.20. The van der Waals surface area contributed by atoms with E-state index in [-0.39, 0.29) is 0 Å². The third kappa shape index (κ3) is 4.11. The molecule has 0 aliphatic carbocycles. The Kier molecular flexibility index (Phi) is 5.69. The van der Waals surface area contributed by atoms with Gasteiger partial charge in [0, 0.05) is 12.6 Å². The first kappa shape index (κ1) is 13.6.